The van der Waals surface area contributed by atoms with Gasteiger partial charge in [0.25, 0.3) is 0 Å². The Bertz CT molecular complexity index is 257. The van der Waals surface area contributed by atoms with Crippen LogP contribution < -0.4 is 0 Å². The lowest BCUT2D eigenvalue weighted by Gasteiger charge is -2.22. The van der Waals surface area contributed by atoms with E-state index in [-0.39, 0.29) is 12.3 Å². The molecule has 1 saturated heterocycles. The Morgan fingerprint density at radius 2 is 2.21 bits per heavy atom. The maximum atomic E-state index is 11.4. The van der Waals surface area contributed by atoms with Gasteiger partial charge in [0.2, 0.25) is 5.91 Å². The van der Waals surface area contributed by atoms with Crippen LogP contribution >= 0.6 is 0 Å². The molecule has 0 saturated carbocycles. The van der Waals surface area contributed by atoms with Crippen molar-refractivity contribution in [1.82, 2.24) is 9.80 Å². The average molecular weight is 195 g/mol. The number of carbonyl (C=O) groups excluding carboxylic acids is 1. The van der Waals surface area contributed by atoms with Gasteiger partial charge in [0.1, 0.15) is 6.42 Å². The first kappa shape index (κ1) is 11.0. The molecule has 2 unspecified atom stereocenters. The molecule has 1 heterocycles. The molecule has 1 rings (SSSR count). The Hall–Kier alpha value is -1.08. The third kappa shape index (κ3) is 2.24. The number of amides is 1. The summed E-state index contributed by atoms with van der Waals surface area (Å²) in [6.45, 7) is 3.68. The molecule has 0 bridgehead atoms. The summed E-state index contributed by atoms with van der Waals surface area (Å²) in [5.41, 5.74) is 0. The fourth-order valence-electron chi connectivity index (χ4n) is 2.00. The number of likely N-dealkylation sites (tertiary alicyclic amines) is 1. The number of carbonyl (C=O) groups is 1. The SMILES string of the molecule is CC1CN(C(=O)CC#N)CC1N(C)C. The van der Waals surface area contributed by atoms with E-state index < -0.39 is 0 Å². The van der Waals surface area contributed by atoms with Crippen molar-refractivity contribution in [3.63, 3.8) is 0 Å². The molecular formula is C10H17N3O. The van der Waals surface area contributed by atoms with E-state index in [0.717, 1.165) is 13.1 Å². The van der Waals surface area contributed by atoms with Gasteiger partial charge in [0.05, 0.1) is 6.07 Å². The fourth-order valence-corrected chi connectivity index (χ4v) is 2.00. The van der Waals surface area contributed by atoms with Gasteiger partial charge in [0, 0.05) is 19.1 Å². The summed E-state index contributed by atoms with van der Waals surface area (Å²) in [6.07, 6.45) is 0.00681. The largest absolute Gasteiger partial charge is 0.340 e. The standard InChI is InChI=1S/C10H17N3O/c1-8-6-13(10(14)4-5-11)7-9(8)12(2)3/h8-9H,4,6-7H2,1-3H3. The van der Waals surface area contributed by atoms with E-state index in [1.807, 2.05) is 20.2 Å². The van der Waals surface area contributed by atoms with Crippen LogP contribution in [0.3, 0.4) is 0 Å². The van der Waals surface area contributed by atoms with E-state index in [1.54, 1.807) is 4.90 Å². The summed E-state index contributed by atoms with van der Waals surface area (Å²) in [5.74, 6) is 0.455. The van der Waals surface area contributed by atoms with Crippen LogP contribution in [0.2, 0.25) is 0 Å². The van der Waals surface area contributed by atoms with E-state index in [2.05, 4.69) is 11.8 Å². The maximum Gasteiger partial charge on any atom is 0.236 e. The molecule has 1 amide bonds. The molecule has 0 aromatic carbocycles. The van der Waals surface area contributed by atoms with Crippen molar-refractivity contribution in [2.75, 3.05) is 27.2 Å². The monoisotopic (exact) mass is 195 g/mol. The van der Waals surface area contributed by atoms with Crippen LogP contribution in [0.1, 0.15) is 13.3 Å². The average Bonchev–Trinajstić information content (AvgIpc) is 2.48. The van der Waals surface area contributed by atoms with Crippen LogP contribution in [-0.2, 0) is 4.79 Å². The lowest BCUT2D eigenvalue weighted by atomic mass is 10.1. The fraction of sp³-hybridized carbons (Fsp3) is 0.800. The second-order valence-electron chi connectivity index (χ2n) is 4.14. The highest BCUT2D eigenvalue weighted by Gasteiger charge is 2.33. The quantitative estimate of drug-likeness (QED) is 0.637. The second-order valence-corrected chi connectivity index (χ2v) is 4.14. The summed E-state index contributed by atoms with van der Waals surface area (Å²) in [6, 6.07) is 2.33. The molecule has 78 valence electrons. The topological polar surface area (TPSA) is 47.3 Å². The van der Waals surface area contributed by atoms with Crippen molar-refractivity contribution in [3.8, 4) is 6.07 Å². The predicted molar refractivity (Wildman–Crippen MR) is 53.4 cm³/mol. The molecular weight excluding hydrogens is 178 g/mol. The number of hydrogen-bond acceptors (Lipinski definition) is 3. The molecule has 0 N–H and O–H groups in total. The van der Waals surface area contributed by atoms with Gasteiger partial charge in [0.15, 0.2) is 0 Å². The lowest BCUT2D eigenvalue weighted by molar-refractivity contribution is -0.129. The summed E-state index contributed by atoms with van der Waals surface area (Å²) in [5, 5.41) is 8.43. The van der Waals surface area contributed by atoms with Gasteiger partial charge in [-0.2, -0.15) is 5.26 Å². The molecule has 4 nitrogen and oxygen atoms in total. The van der Waals surface area contributed by atoms with Crippen LogP contribution in [0.5, 0.6) is 0 Å². The molecule has 1 aliphatic rings. The van der Waals surface area contributed by atoms with Crippen molar-refractivity contribution in [2.24, 2.45) is 5.92 Å². The normalized spacial score (nSPS) is 26.6. The zero-order valence-electron chi connectivity index (χ0n) is 9.03. The van der Waals surface area contributed by atoms with Crippen LogP contribution in [-0.4, -0.2) is 48.9 Å². The lowest BCUT2D eigenvalue weighted by Crippen LogP contribution is -2.35. The first-order valence-electron chi connectivity index (χ1n) is 4.87. The molecule has 14 heavy (non-hydrogen) atoms. The smallest absolute Gasteiger partial charge is 0.236 e. The van der Waals surface area contributed by atoms with E-state index in [9.17, 15) is 4.79 Å². The third-order valence-electron chi connectivity index (χ3n) is 2.82. The third-order valence-corrected chi connectivity index (χ3v) is 2.82. The Kier molecular flexibility index (Phi) is 3.48. The minimum Gasteiger partial charge on any atom is -0.340 e. The van der Waals surface area contributed by atoms with Gasteiger partial charge in [-0.1, -0.05) is 6.92 Å². The molecule has 4 heteroatoms. The van der Waals surface area contributed by atoms with E-state index >= 15 is 0 Å². The first-order valence-corrected chi connectivity index (χ1v) is 4.87. The van der Waals surface area contributed by atoms with E-state index in [4.69, 9.17) is 5.26 Å². The van der Waals surface area contributed by atoms with Gasteiger partial charge in [-0.05, 0) is 20.0 Å². The Balaban J connectivity index is 2.55. The van der Waals surface area contributed by atoms with Crippen LogP contribution in [0, 0.1) is 17.2 Å². The van der Waals surface area contributed by atoms with Crippen molar-refractivity contribution < 1.29 is 4.79 Å². The molecule has 2 atom stereocenters. The molecule has 1 fully saturated rings. The van der Waals surface area contributed by atoms with E-state index in [1.165, 1.54) is 0 Å². The molecule has 0 aliphatic carbocycles. The number of hydrogen-bond donors (Lipinski definition) is 0. The number of nitriles is 1. The Morgan fingerprint density at radius 1 is 1.57 bits per heavy atom. The van der Waals surface area contributed by atoms with Gasteiger partial charge in [-0.15, -0.1) is 0 Å². The number of likely N-dealkylation sites (N-methyl/N-ethyl adjacent to an activating group) is 1. The highest BCUT2D eigenvalue weighted by atomic mass is 16.2. The molecule has 0 radical (unpaired) electrons. The highest BCUT2D eigenvalue weighted by Crippen LogP contribution is 2.20. The molecule has 0 aromatic rings. The van der Waals surface area contributed by atoms with Crippen LogP contribution in [0.4, 0.5) is 0 Å². The maximum absolute atomic E-state index is 11.4. The zero-order chi connectivity index (χ0) is 10.7. The summed E-state index contributed by atoms with van der Waals surface area (Å²) in [7, 11) is 4.05. The summed E-state index contributed by atoms with van der Waals surface area (Å²) in [4.78, 5) is 15.4. The van der Waals surface area contributed by atoms with Gasteiger partial charge in [-0.3, -0.25) is 4.79 Å². The second kappa shape index (κ2) is 4.43. The van der Waals surface area contributed by atoms with Gasteiger partial charge >= 0.3 is 0 Å². The van der Waals surface area contributed by atoms with E-state index in [0.29, 0.717) is 12.0 Å². The van der Waals surface area contributed by atoms with Crippen molar-refractivity contribution in [1.29, 1.82) is 5.26 Å². The first-order chi connectivity index (χ1) is 6.56. The van der Waals surface area contributed by atoms with Gasteiger partial charge in [-0.25, -0.2) is 0 Å². The highest BCUT2D eigenvalue weighted by molar-refractivity contribution is 5.78. The summed E-state index contributed by atoms with van der Waals surface area (Å²) >= 11 is 0. The molecule has 1 aliphatic heterocycles. The Morgan fingerprint density at radius 3 is 2.64 bits per heavy atom. The minimum absolute atomic E-state index is 0.00681. The van der Waals surface area contributed by atoms with Gasteiger partial charge < -0.3 is 9.80 Å². The van der Waals surface area contributed by atoms with Crippen LogP contribution in [0.15, 0.2) is 0 Å². The number of nitrogens with zero attached hydrogens (tertiary/aromatic N) is 3. The minimum atomic E-state index is -0.0382. The van der Waals surface area contributed by atoms with Crippen LogP contribution in [0.25, 0.3) is 0 Å². The molecule has 0 aromatic heterocycles. The predicted octanol–water partition coefficient (Wildman–Crippen LogP) is 0.309. The number of rotatable bonds is 2. The Labute approximate surface area is 85.1 Å². The van der Waals surface area contributed by atoms with Crippen molar-refractivity contribution >= 4 is 5.91 Å². The van der Waals surface area contributed by atoms with Crippen molar-refractivity contribution in [2.45, 2.75) is 19.4 Å². The van der Waals surface area contributed by atoms with Crippen molar-refractivity contribution in [3.05, 3.63) is 0 Å². The molecule has 0 spiro atoms. The zero-order valence-corrected chi connectivity index (χ0v) is 9.03. The summed E-state index contributed by atoms with van der Waals surface area (Å²) < 4.78 is 0.